The number of methoxy groups -OCH3 is 1. The fourth-order valence-electron chi connectivity index (χ4n) is 3.25. The summed E-state index contributed by atoms with van der Waals surface area (Å²) in [5, 5.41) is 0.344. The minimum atomic E-state index is -0.334. The first kappa shape index (κ1) is 23.4. The first-order valence-corrected chi connectivity index (χ1v) is 12.0. The van der Waals surface area contributed by atoms with Crippen LogP contribution in [0.25, 0.3) is 6.08 Å². The van der Waals surface area contributed by atoms with Crippen LogP contribution in [0.15, 0.2) is 76.1 Å². The molecular weight excluding hydrogens is 526 g/mol. The third-order valence-corrected chi connectivity index (χ3v) is 6.63. The van der Waals surface area contributed by atoms with Crippen LogP contribution in [0.5, 0.6) is 11.5 Å². The highest BCUT2D eigenvalue weighted by atomic mass is 79.9. The normalized spacial score (nSPS) is 14.8. The van der Waals surface area contributed by atoms with Crippen LogP contribution >= 0.6 is 39.3 Å². The van der Waals surface area contributed by atoms with Gasteiger partial charge in [0.05, 0.1) is 18.6 Å². The highest BCUT2D eigenvalue weighted by Gasteiger charge is 2.35. The van der Waals surface area contributed by atoms with E-state index >= 15 is 0 Å². The fraction of sp³-hybridized carbons (Fsp3) is 0.120. The molecule has 1 fully saturated rings. The average Bonchev–Trinajstić information content (AvgIpc) is 3.07. The first-order valence-electron chi connectivity index (χ1n) is 9.98. The summed E-state index contributed by atoms with van der Waals surface area (Å²) < 4.78 is 12.5. The van der Waals surface area contributed by atoms with Crippen LogP contribution in [-0.2, 0) is 17.9 Å². The van der Waals surface area contributed by atoms with E-state index in [1.807, 2.05) is 48.5 Å². The molecule has 2 amide bonds. The maximum atomic E-state index is 13.0. The Hall–Kier alpha value is -2.74. The molecule has 33 heavy (non-hydrogen) atoms. The van der Waals surface area contributed by atoms with Gasteiger partial charge in [-0.3, -0.25) is 14.5 Å². The quantitative estimate of drug-likeness (QED) is 0.302. The van der Waals surface area contributed by atoms with Crippen LogP contribution < -0.4 is 9.47 Å². The molecule has 0 saturated carbocycles. The van der Waals surface area contributed by atoms with Gasteiger partial charge in [-0.1, -0.05) is 63.9 Å². The van der Waals surface area contributed by atoms with Gasteiger partial charge in [-0.25, -0.2) is 0 Å². The molecule has 0 spiro atoms. The Morgan fingerprint density at radius 2 is 1.70 bits per heavy atom. The molecule has 0 aliphatic carbocycles. The second kappa shape index (κ2) is 10.5. The van der Waals surface area contributed by atoms with E-state index in [-0.39, 0.29) is 17.7 Å². The molecule has 5 nitrogen and oxygen atoms in total. The third kappa shape index (κ3) is 5.61. The number of ether oxygens (including phenoxy) is 2. The number of carbonyl (C=O) groups is 2. The standard InChI is InChI=1S/C25H19BrClNO4S/c1-31-21-4-2-3-18(23(21)32-15-17-7-11-20(27)12-8-17)13-22-24(29)28(25(30)33-22)14-16-5-9-19(26)10-6-16/h2-13H,14-15H2,1H3/b22-13-. The van der Waals surface area contributed by atoms with Crippen LogP contribution in [0.3, 0.4) is 0 Å². The molecule has 0 unspecified atom stereocenters. The lowest BCUT2D eigenvalue weighted by molar-refractivity contribution is -0.123. The zero-order chi connectivity index (χ0) is 23.4. The molecular formula is C25H19BrClNO4S. The Bertz CT molecular complexity index is 1210. The van der Waals surface area contributed by atoms with Gasteiger partial charge in [-0.15, -0.1) is 0 Å². The minimum Gasteiger partial charge on any atom is -0.493 e. The summed E-state index contributed by atoms with van der Waals surface area (Å²) in [6.07, 6.45) is 1.67. The number of carbonyl (C=O) groups excluding carboxylic acids is 2. The Morgan fingerprint density at radius 1 is 1.00 bits per heavy atom. The average molecular weight is 545 g/mol. The number of hydrogen-bond donors (Lipinski definition) is 0. The van der Waals surface area contributed by atoms with E-state index in [1.54, 1.807) is 31.4 Å². The molecule has 1 aliphatic heterocycles. The predicted molar refractivity (Wildman–Crippen MR) is 134 cm³/mol. The number of para-hydroxylation sites is 1. The van der Waals surface area contributed by atoms with Crippen LogP contribution in [0.4, 0.5) is 4.79 Å². The smallest absolute Gasteiger partial charge is 0.293 e. The molecule has 0 N–H and O–H groups in total. The second-order valence-corrected chi connectivity index (χ2v) is 9.53. The number of hydrogen-bond acceptors (Lipinski definition) is 5. The lowest BCUT2D eigenvalue weighted by Gasteiger charge is -2.14. The molecule has 8 heteroatoms. The molecule has 1 saturated heterocycles. The summed E-state index contributed by atoms with van der Waals surface area (Å²) >= 11 is 10.3. The van der Waals surface area contributed by atoms with Crippen LogP contribution in [0.2, 0.25) is 5.02 Å². The van der Waals surface area contributed by atoms with E-state index in [1.165, 1.54) is 4.90 Å². The molecule has 0 bridgehead atoms. The van der Waals surface area contributed by atoms with E-state index in [2.05, 4.69) is 15.9 Å². The fourth-order valence-corrected chi connectivity index (χ4v) is 4.47. The van der Waals surface area contributed by atoms with Crippen molar-refractivity contribution in [3.05, 3.63) is 97.8 Å². The van der Waals surface area contributed by atoms with E-state index in [0.29, 0.717) is 33.6 Å². The number of nitrogens with zero attached hydrogens (tertiary/aromatic N) is 1. The number of benzene rings is 3. The largest absolute Gasteiger partial charge is 0.493 e. The molecule has 4 rings (SSSR count). The van der Waals surface area contributed by atoms with Crippen molar-refractivity contribution in [3.63, 3.8) is 0 Å². The Kier molecular flexibility index (Phi) is 7.42. The molecule has 168 valence electrons. The molecule has 3 aromatic carbocycles. The van der Waals surface area contributed by atoms with Crippen molar-refractivity contribution in [2.24, 2.45) is 0 Å². The topological polar surface area (TPSA) is 55.8 Å². The Balaban J connectivity index is 1.57. The van der Waals surface area contributed by atoms with E-state index in [4.69, 9.17) is 21.1 Å². The maximum Gasteiger partial charge on any atom is 0.293 e. The van der Waals surface area contributed by atoms with Crippen molar-refractivity contribution in [1.29, 1.82) is 0 Å². The van der Waals surface area contributed by atoms with Crippen molar-refractivity contribution < 1.29 is 19.1 Å². The summed E-state index contributed by atoms with van der Waals surface area (Å²) in [6, 6.07) is 20.3. The zero-order valence-electron chi connectivity index (χ0n) is 17.6. The highest BCUT2D eigenvalue weighted by molar-refractivity contribution is 9.10. The van der Waals surface area contributed by atoms with Crippen LogP contribution in [-0.4, -0.2) is 23.2 Å². The monoisotopic (exact) mass is 543 g/mol. The summed E-state index contributed by atoms with van der Waals surface area (Å²) in [6.45, 7) is 0.511. The van der Waals surface area contributed by atoms with Gasteiger partial charge in [0.1, 0.15) is 6.61 Å². The van der Waals surface area contributed by atoms with Gasteiger partial charge >= 0.3 is 0 Å². The van der Waals surface area contributed by atoms with Crippen molar-refractivity contribution in [3.8, 4) is 11.5 Å². The maximum absolute atomic E-state index is 13.0. The Labute approximate surface area is 209 Å². The summed E-state index contributed by atoms with van der Waals surface area (Å²) in [5.74, 6) is 0.695. The second-order valence-electron chi connectivity index (χ2n) is 7.19. The Morgan fingerprint density at radius 3 is 2.39 bits per heavy atom. The summed E-state index contributed by atoms with van der Waals surface area (Å²) in [7, 11) is 1.56. The minimum absolute atomic E-state index is 0.216. The van der Waals surface area contributed by atoms with E-state index in [9.17, 15) is 9.59 Å². The van der Waals surface area contributed by atoms with Gasteiger partial charge in [-0.2, -0.15) is 0 Å². The number of imide groups is 1. The summed E-state index contributed by atoms with van der Waals surface area (Å²) in [4.78, 5) is 27.1. The number of halogens is 2. The van der Waals surface area contributed by atoms with Crippen LogP contribution in [0, 0.1) is 0 Å². The molecule has 0 aromatic heterocycles. The van der Waals surface area contributed by atoms with Gasteiger partial charge in [0, 0.05) is 15.1 Å². The lowest BCUT2D eigenvalue weighted by atomic mass is 10.1. The number of thioether (sulfide) groups is 1. The molecule has 0 radical (unpaired) electrons. The molecule has 3 aromatic rings. The van der Waals surface area contributed by atoms with Gasteiger partial charge in [0.25, 0.3) is 11.1 Å². The third-order valence-electron chi connectivity index (χ3n) is 4.94. The highest BCUT2D eigenvalue weighted by Crippen LogP contribution is 2.38. The number of rotatable bonds is 7. The molecule has 1 heterocycles. The SMILES string of the molecule is COc1cccc(/C=C2\SC(=O)N(Cc3ccc(Br)cc3)C2=O)c1OCc1ccc(Cl)cc1. The molecule has 1 aliphatic rings. The first-order chi connectivity index (χ1) is 15.9. The van der Waals surface area contributed by atoms with Crippen molar-refractivity contribution in [1.82, 2.24) is 4.90 Å². The van der Waals surface area contributed by atoms with Gasteiger partial charge in [0.15, 0.2) is 11.5 Å². The molecule has 0 atom stereocenters. The summed E-state index contributed by atoms with van der Waals surface area (Å²) in [5.41, 5.74) is 2.46. The van der Waals surface area contributed by atoms with Gasteiger partial charge in [-0.05, 0) is 59.3 Å². The van der Waals surface area contributed by atoms with Crippen LogP contribution in [0.1, 0.15) is 16.7 Å². The number of amides is 2. The zero-order valence-corrected chi connectivity index (χ0v) is 20.7. The van der Waals surface area contributed by atoms with Gasteiger partial charge in [0.2, 0.25) is 0 Å². The van der Waals surface area contributed by atoms with E-state index < -0.39 is 0 Å². The van der Waals surface area contributed by atoms with Crippen molar-refractivity contribution >= 4 is 56.5 Å². The lowest BCUT2D eigenvalue weighted by Crippen LogP contribution is -2.27. The van der Waals surface area contributed by atoms with Crippen molar-refractivity contribution in [2.45, 2.75) is 13.2 Å². The van der Waals surface area contributed by atoms with Crippen molar-refractivity contribution in [2.75, 3.05) is 7.11 Å². The van der Waals surface area contributed by atoms with E-state index in [0.717, 1.165) is 27.4 Å². The van der Waals surface area contributed by atoms with Gasteiger partial charge < -0.3 is 9.47 Å². The predicted octanol–water partition coefficient (Wildman–Crippen LogP) is 6.93.